The summed E-state index contributed by atoms with van der Waals surface area (Å²) in [6, 6.07) is 5.30. The molecule has 3 N–H and O–H groups in total. The van der Waals surface area contributed by atoms with Crippen molar-refractivity contribution in [1.82, 2.24) is 4.31 Å². The molecular weight excluding hydrogens is 288 g/mol. The van der Waals surface area contributed by atoms with Crippen LogP contribution in [0.15, 0.2) is 23.1 Å². The average molecular weight is 312 g/mol. The van der Waals surface area contributed by atoms with Crippen LogP contribution < -0.4 is 5.73 Å². The molecule has 5 nitrogen and oxygen atoms in total. The van der Waals surface area contributed by atoms with E-state index in [1.54, 1.807) is 19.1 Å². The predicted molar refractivity (Wildman–Crippen MR) is 82.3 cm³/mol. The van der Waals surface area contributed by atoms with Crippen molar-refractivity contribution in [2.45, 2.75) is 50.1 Å². The third kappa shape index (κ3) is 3.45. The molecule has 0 amide bonds. The summed E-state index contributed by atoms with van der Waals surface area (Å²) < 4.78 is 27.4. The van der Waals surface area contributed by atoms with Gasteiger partial charge in [-0.3, -0.25) is 0 Å². The van der Waals surface area contributed by atoms with E-state index in [1.807, 2.05) is 6.07 Å². The van der Waals surface area contributed by atoms with Gasteiger partial charge in [-0.1, -0.05) is 25.0 Å². The molecule has 0 heterocycles. The average Bonchev–Trinajstić information content (AvgIpc) is 2.98. The number of aliphatic hydroxyl groups is 1. The molecule has 0 aromatic heterocycles. The molecule has 6 heteroatoms. The number of hydrogen-bond donors (Lipinski definition) is 2. The van der Waals surface area contributed by atoms with Crippen LogP contribution in [0, 0.1) is 6.92 Å². The van der Waals surface area contributed by atoms with E-state index in [0.717, 1.165) is 31.2 Å². The zero-order valence-electron chi connectivity index (χ0n) is 12.5. The number of aliphatic hydroxyl groups excluding tert-OH is 1. The summed E-state index contributed by atoms with van der Waals surface area (Å²) in [6.45, 7) is 2.09. The summed E-state index contributed by atoms with van der Waals surface area (Å²) in [7, 11) is -3.59. The molecule has 118 valence electrons. The minimum absolute atomic E-state index is 0.00285. The molecule has 0 saturated heterocycles. The smallest absolute Gasteiger partial charge is 0.243 e. The fourth-order valence-electron chi connectivity index (χ4n) is 2.97. The highest BCUT2D eigenvalue weighted by molar-refractivity contribution is 7.89. The number of aryl methyl sites for hydroxylation is 1. The van der Waals surface area contributed by atoms with Gasteiger partial charge in [0.2, 0.25) is 10.0 Å². The first kappa shape index (κ1) is 16.4. The minimum Gasteiger partial charge on any atom is -0.395 e. The van der Waals surface area contributed by atoms with Crippen LogP contribution in [0.25, 0.3) is 0 Å². The van der Waals surface area contributed by atoms with Crippen LogP contribution in [-0.2, 0) is 16.6 Å². The molecular formula is C15H24N2O3S. The Labute approximate surface area is 126 Å². The highest BCUT2D eigenvalue weighted by atomic mass is 32.2. The van der Waals surface area contributed by atoms with E-state index in [0.29, 0.717) is 17.0 Å². The second-order valence-electron chi connectivity index (χ2n) is 5.58. The Kier molecular flexibility index (Phi) is 5.37. The van der Waals surface area contributed by atoms with Crippen molar-refractivity contribution in [1.29, 1.82) is 0 Å². The Hall–Kier alpha value is -0.950. The Morgan fingerprint density at radius 2 is 2.00 bits per heavy atom. The van der Waals surface area contributed by atoms with Gasteiger partial charge in [0, 0.05) is 19.1 Å². The molecule has 0 bridgehead atoms. The first-order valence-corrected chi connectivity index (χ1v) is 8.87. The second kappa shape index (κ2) is 6.87. The van der Waals surface area contributed by atoms with Crippen molar-refractivity contribution < 1.29 is 13.5 Å². The summed E-state index contributed by atoms with van der Waals surface area (Å²) in [6.07, 6.45) is 3.83. The maximum Gasteiger partial charge on any atom is 0.243 e. The van der Waals surface area contributed by atoms with Gasteiger partial charge in [0.05, 0.1) is 11.5 Å². The highest BCUT2D eigenvalue weighted by Gasteiger charge is 2.33. The van der Waals surface area contributed by atoms with Gasteiger partial charge in [-0.2, -0.15) is 4.31 Å². The largest absolute Gasteiger partial charge is 0.395 e. The van der Waals surface area contributed by atoms with Crippen LogP contribution in [-0.4, -0.2) is 37.0 Å². The molecule has 0 spiro atoms. The van der Waals surface area contributed by atoms with Crippen LogP contribution in [0.4, 0.5) is 0 Å². The standard InChI is InChI=1S/C15H24N2O3S/c1-12-6-7-13(11-16)10-15(12)21(19,20)17(8-9-18)14-4-2-3-5-14/h6-7,10,14,18H,2-5,8-9,11,16H2,1H3. The van der Waals surface area contributed by atoms with Crippen LogP contribution in [0.5, 0.6) is 0 Å². The molecule has 0 radical (unpaired) electrons. The maximum atomic E-state index is 13.0. The monoisotopic (exact) mass is 312 g/mol. The number of rotatable bonds is 6. The maximum absolute atomic E-state index is 13.0. The Balaban J connectivity index is 2.42. The summed E-state index contributed by atoms with van der Waals surface area (Å²) in [5.41, 5.74) is 7.14. The van der Waals surface area contributed by atoms with Crippen LogP contribution in [0.2, 0.25) is 0 Å². The van der Waals surface area contributed by atoms with Crippen molar-refractivity contribution in [3.05, 3.63) is 29.3 Å². The first-order chi connectivity index (χ1) is 10.0. The van der Waals surface area contributed by atoms with E-state index < -0.39 is 10.0 Å². The highest BCUT2D eigenvalue weighted by Crippen LogP contribution is 2.30. The topological polar surface area (TPSA) is 83.6 Å². The lowest BCUT2D eigenvalue weighted by molar-refractivity contribution is 0.226. The van der Waals surface area contributed by atoms with Gasteiger partial charge in [0.1, 0.15) is 0 Å². The molecule has 1 aromatic carbocycles. The van der Waals surface area contributed by atoms with E-state index in [9.17, 15) is 13.5 Å². The van der Waals surface area contributed by atoms with Crippen LogP contribution >= 0.6 is 0 Å². The summed E-state index contributed by atoms with van der Waals surface area (Å²) in [5, 5.41) is 9.25. The van der Waals surface area contributed by atoms with Gasteiger partial charge < -0.3 is 10.8 Å². The molecule has 2 rings (SSSR count). The molecule has 1 aromatic rings. The van der Waals surface area contributed by atoms with Gasteiger partial charge in [-0.05, 0) is 37.0 Å². The molecule has 0 aliphatic heterocycles. The van der Waals surface area contributed by atoms with E-state index in [-0.39, 0.29) is 19.2 Å². The van der Waals surface area contributed by atoms with Gasteiger partial charge in [-0.25, -0.2) is 8.42 Å². The van der Waals surface area contributed by atoms with Crippen molar-refractivity contribution in [3.8, 4) is 0 Å². The van der Waals surface area contributed by atoms with Gasteiger partial charge in [0.15, 0.2) is 0 Å². The summed E-state index contributed by atoms with van der Waals surface area (Å²) in [4.78, 5) is 0.311. The zero-order valence-corrected chi connectivity index (χ0v) is 13.3. The number of sulfonamides is 1. The van der Waals surface area contributed by atoms with E-state index in [1.165, 1.54) is 4.31 Å². The van der Waals surface area contributed by atoms with Gasteiger partial charge in [0.25, 0.3) is 0 Å². The van der Waals surface area contributed by atoms with E-state index >= 15 is 0 Å². The van der Waals surface area contributed by atoms with Crippen molar-refractivity contribution in [2.75, 3.05) is 13.2 Å². The number of hydrogen-bond acceptors (Lipinski definition) is 4. The van der Waals surface area contributed by atoms with E-state index in [2.05, 4.69) is 0 Å². The predicted octanol–water partition coefficient (Wildman–Crippen LogP) is 1.38. The van der Waals surface area contributed by atoms with Crippen molar-refractivity contribution in [2.24, 2.45) is 5.73 Å². The van der Waals surface area contributed by atoms with Crippen LogP contribution in [0.1, 0.15) is 36.8 Å². The van der Waals surface area contributed by atoms with Gasteiger partial charge in [-0.15, -0.1) is 0 Å². The SMILES string of the molecule is Cc1ccc(CN)cc1S(=O)(=O)N(CCO)C1CCCC1. The lowest BCUT2D eigenvalue weighted by Gasteiger charge is -2.28. The molecule has 21 heavy (non-hydrogen) atoms. The fourth-order valence-corrected chi connectivity index (χ4v) is 4.92. The normalized spacial score (nSPS) is 16.8. The lowest BCUT2D eigenvalue weighted by Crippen LogP contribution is -2.41. The molecule has 0 atom stereocenters. The first-order valence-electron chi connectivity index (χ1n) is 7.43. The zero-order chi connectivity index (χ0) is 15.5. The summed E-state index contributed by atoms with van der Waals surface area (Å²) >= 11 is 0. The number of nitrogens with zero attached hydrogens (tertiary/aromatic N) is 1. The molecule has 1 aliphatic rings. The fraction of sp³-hybridized carbons (Fsp3) is 0.600. The molecule has 0 unspecified atom stereocenters. The molecule has 1 saturated carbocycles. The Bertz CT molecular complexity index is 581. The minimum atomic E-state index is -3.59. The van der Waals surface area contributed by atoms with Crippen molar-refractivity contribution in [3.63, 3.8) is 0 Å². The van der Waals surface area contributed by atoms with Crippen molar-refractivity contribution >= 4 is 10.0 Å². The van der Waals surface area contributed by atoms with Crippen LogP contribution in [0.3, 0.4) is 0 Å². The number of benzene rings is 1. The Morgan fingerprint density at radius 3 is 2.57 bits per heavy atom. The second-order valence-corrected chi connectivity index (χ2v) is 7.44. The molecule has 1 aliphatic carbocycles. The third-order valence-corrected chi connectivity index (χ3v) is 6.22. The number of nitrogens with two attached hydrogens (primary N) is 1. The quantitative estimate of drug-likeness (QED) is 0.831. The Morgan fingerprint density at radius 1 is 1.33 bits per heavy atom. The summed E-state index contributed by atoms with van der Waals surface area (Å²) in [5.74, 6) is 0. The van der Waals surface area contributed by atoms with Gasteiger partial charge >= 0.3 is 0 Å². The lowest BCUT2D eigenvalue weighted by atomic mass is 10.1. The molecule has 1 fully saturated rings. The third-order valence-electron chi connectivity index (χ3n) is 4.13. The van der Waals surface area contributed by atoms with E-state index in [4.69, 9.17) is 5.73 Å².